The van der Waals surface area contributed by atoms with Crippen LogP contribution in [-0.2, 0) is 16.0 Å². The van der Waals surface area contributed by atoms with Crippen LogP contribution in [0.5, 0.6) is 0 Å². The van der Waals surface area contributed by atoms with Gasteiger partial charge in [-0.3, -0.25) is 9.59 Å². The first kappa shape index (κ1) is 25.7. The summed E-state index contributed by atoms with van der Waals surface area (Å²) in [6, 6.07) is 10.8. The van der Waals surface area contributed by atoms with Gasteiger partial charge in [-0.2, -0.15) is 11.8 Å². The maximum atomic E-state index is 12.2. The molecule has 5 nitrogen and oxygen atoms in total. The predicted octanol–water partition coefficient (Wildman–Crippen LogP) is 4.77. The second-order valence-electron chi connectivity index (χ2n) is 8.74. The Morgan fingerprint density at radius 2 is 1.94 bits per heavy atom. The molecule has 0 aliphatic carbocycles. The summed E-state index contributed by atoms with van der Waals surface area (Å²) in [4.78, 5) is 24.8. The van der Waals surface area contributed by atoms with Gasteiger partial charge in [-0.25, -0.2) is 0 Å². The quantitative estimate of drug-likeness (QED) is 0.356. The Balaban J connectivity index is 1.60. The molecule has 1 unspecified atom stereocenters. The van der Waals surface area contributed by atoms with Gasteiger partial charge in [0.1, 0.15) is 0 Å². The number of carboxylic acid groups (broad SMARTS) is 1. The van der Waals surface area contributed by atoms with Gasteiger partial charge in [-0.1, -0.05) is 43.7 Å². The number of likely N-dealkylation sites (tertiary alicyclic amines) is 1. The van der Waals surface area contributed by atoms with Crippen LogP contribution in [0.2, 0.25) is 0 Å². The number of amides is 1. The smallest absolute Gasteiger partial charge is 0.303 e. The van der Waals surface area contributed by atoms with Gasteiger partial charge < -0.3 is 15.1 Å². The number of hydrogen-bond acceptors (Lipinski definition) is 4. The van der Waals surface area contributed by atoms with Crippen LogP contribution < -0.4 is 0 Å². The minimum atomic E-state index is -0.751. The van der Waals surface area contributed by atoms with E-state index in [1.165, 1.54) is 5.56 Å². The minimum Gasteiger partial charge on any atom is -0.481 e. The summed E-state index contributed by atoms with van der Waals surface area (Å²) in [5.74, 6) is 1.42. The number of nitrogens with zero attached hydrogens (tertiary/aromatic N) is 1. The molecular formula is C25H39NO4S. The van der Waals surface area contributed by atoms with Gasteiger partial charge in [-0.05, 0) is 62.2 Å². The van der Waals surface area contributed by atoms with Crippen molar-refractivity contribution in [3.05, 3.63) is 35.9 Å². The van der Waals surface area contributed by atoms with Gasteiger partial charge in [0.25, 0.3) is 0 Å². The molecule has 1 aliphatic rings. The summed E-state index contributed by atoms with van der Waals surface area (Å²) in [5.41, 5.74) is 1.38. The van der Waals surface area contributed by atoms with Gasteiger partial charge in [0.05, 0.1) is 6.10 Å². The highest BCUT2D eigenvalue weighted by atomic mass is 32.2. The van der Waals surface area contributed by atoms with E-state index >= 15 is 0 Å². The number of aryl methyl sites for hydroxylation is 1. The molecule has 0 aromatic heterocycles. The molecule has 0 radical (unpaired) electrons. The third-order valence-electron chi connectivity index (χ3n) is 6.28. The van der Waals surface area contributed by atoms with Crippen molar-refractivity contribution in [2.45, 2.75) is 83.3 Å². The first-order valence-electron chi connectivity index (χ1n) is 11.8. The zero-order valence-electron chi connectivity index (χ0n) is 18.9. The van der Waals surface area contributed by atoms with Crippen LogP contribution in [0.15, 0.2) is 30.3 Å². The van der Waals surface area contributed by atoms with E-state index in [2.05, 4.69) is 31.2 Å². The fourth-order valence-electron chi connectivity index (χ4n) is 4.27. The predicted molar refractivity (Wildman–Crippen MR) is 127 cm³/mol. The van der Waals surface area contributed by atoms with Crippen molar-refractivity contribution in [3.8, 4) is 0 Å². The maximum Gasteiger partial charge on any atom is 0.303 e. The zero-order chi connectivity index (χ0) is 22.5. The molecule has 2 N–H and O–H groups in total. The van der Waals surface area contributed by atoms with Gasteiger partial charge in [0.15, 0.2) is 0 Å². The van der Waals surface area contributed by atoms with Crippen molar-refractivity contribution in [1.29, 1.82) is 0 Å². The third kappa shape index (κ3) is 10.1. The number of aliphatic carboxylic acids is 1. The molecule has 1 heterocycles. The molecule has 0 spiro atoms. The first-order valence-corrected chi connectivity index (χ1v) is 12.9. The van der Waals surface area contributed by atoms with E-state index in [0.29, 0.717) is 12.8 Å². The molecule has 1 aliphatic heterocycles. The topological polar surface area (TPSA) is 77.8 Å². The molecule has 0 bridgehead atoms. The third-order valence-corrected chi connectivity index (χ3v) is 7.33. The highest BCUT2D eigenvalue weighted by Gasteiger charge is 2.30. The number of aliphatic hydroxyl groups excluding tert-OH is 1. The molecule has 2 rings (SSSR count). The van der Waals surface area contributed by atoms with Gasteiger partial charge in [0, 0.05) is 31.2 Å². The Labute approximate surface area is 191 Å². The molecule has 1 aromatic rings. The number of carbonyl (C=O) groups is 2. The average Bonchev–Trinajstić information content (AvgIpc) is 3.11. The van der Waals surface area contributed by atoms with Crippen LogP contribution >= 0.6 is 11.8 Å². The molecular weight excluding hydrogens is 410 g/mol. The SMILES string of the molecule is C[C@@H](CCCCc1ccccc1)[C@H](O)CCC1CCC(=O)N1CCSCCCC(=O)O. The number of aliphatic hydroxyl groups is 1. The number of thioether (sulfide) groups is 1. The van der Waals surface area contributed by atoms with Crippen molar-refractivity contribution in [2.24, 2.45) is 5.92 Å². The lowest BCUT2D eigenvalue weighted by Crippen LogP contribution is -2.35. The molecule has 174 valence electrons. The minimum absolute atomic E-state index is 0.209. The monoisotopic (exact) mass is 449 g/mol. The van der Waals surface area contributed by atoms with Gasteiger partial charge >= 0.3 is 5.97 Å². The number of hydrogen-bond donors (Lipinski definition) is 2. The summed E-state index contributed by atoms with van der Waals surface area (Å²) in [6.07, 6.45) is 8.10. The molecule has 1 aromatic carbocycles. The van der Waals surface area contributed by atoms with Crippen LogP contribution in [0.4, 0.5) is 0 Å². The van der Waals surface area contributed by atoms with Gasteiger partial charge in [0.2, 0.25) is 5.91 Å². The molecule has 3 atom stereocenters. The van der Waals surface area contributed by atoms with Crippen LogP contribution in [0, 0.1) is 5.92 Å². The largest absolute Gasteiger partial charge is 0.481 e. The molecule has 31 heavy (non-hydrogen) atoms. The fourth-order valence-corrected chi connectivity index (χ4v) is 5.15. The van der Waals surface area contributed by atoms with E-state index in [1.807, 2.05) is 11.0 Å². The summed E-state index contributed by atoms with van der Waals surface area (Å²) in [6.45, 7) is 2.87. The Morgan fingerprint density at radius 1 is 1.16 bits per heavy atom. The second-order valence-corrected chi connectivity index (χ2v) is 9.97. The van der Waals surface area contributed by atoms with E-state index in [1.54, 1.807) is 11.8 Å². The number of carboxylic acids is 1. The normalized spacial score (nSPS) is 18.3. The first-order chi connectivity index (χ1) is 15.0. The number of unbranched alkanes of at least 4 members (excludes halogenated alkanes) is 1. The van der Waals surface area contributed by atoms with Crippen LogP contribution in [0.25, 0.3) is 0 Å². The highest BCUT2D eigenvalue weighted by Crippen LogP contribution is 2.26. The van der Waals surface area contributed by atoms with Crippen molar-refractivity contribution >= 4 is 23.6 Å². The lowest BCUT2D eigenvalue weighted by atomic mass is 9.92. The Bertz CT molecular complexity index is 654. The lowest BCUT2D eigenvalue weighted by molar-refractivity contribution is -0.137. The van der Waals surface area contributed by atoms with E-state index < -0.39 is 5.97 Å². The van der Waals surface area contributed by atoms with E-state index in [9.17, 15) is 14.7 Å². The van der Waals surface area contributed by atoms with Crippen molar-refractivity contribution in [1.82, 2.24) is 4.90 Å². The average molecular weight is 450 g/mol. The molecule has 1 amide bonds. The number of carbonyl (C=O) groups excluding carboxylic acids is 1. The fraction of sp³-hybridized carbons (Fsp3) is 0.680. The van der Waals surface area contributed by atoms with Crippen molar-refractivity contribution in [2.75, 3.05) is 18.1 Å². The lowest BCUT2D eigenvalue weighted by Gasteiger charge is -2.27. The zero-order valence-corrected chi connectivity index (χ0v) is 19.7. The molecule has 0 saturated carbocycles. The van der Waals surface area contributed by atoms with E-state index in [-0.39, 0.29) is 30.4 Å². The van der Waals surface area contributed by atoms with E-state index in [4.69, 9.17) is 5.11 Å². The van der Waals surface area contributed by atoms with E-state index in [0.717, 1.165) is 63.0 Å². The van der Waals surface area contributed by atoms with Crippen LogP contribution in [-0.4, -0.2) is 57.2 Å². The molecule has 1 fully saturated rings. The Morgan fingerprint density at radius 3 is 2.68 bits per heavy atom. The highest BCUT2D eigenvalue weighted by molar-refractivity contribution is 7.99. The van der Waals surface area contributed by atoms with Gasteiger partial charge in [-0.15, -0.1) is 0 Å². The summed E-state index contributed by atoms with van der Waals surface area (Å²) < 4.78 is 0. The summed E-state index contributed by atoms with van der Waals surface area (Å²) >= 11 is 1.72. The summed E-state index contributed by atoms with van der Waals surface area (Å²) in [5, 5.41) is 19.3. The van der Waals surface area contributed by atoms with Crippen LogP contribution in [0.1, 0.15) is 70.3 Å². The van der Waals surface area contributed by atoms with Crippen molar-refractivity contribution < 1.29 is 19.8 Å². The Kier molecular flexibility index (Phi) is 12.0. The number of benzene rings is 1. The van der Waals surface area contributed by atoms with Crippen molar-refractivity contribution in [3.63, 3.8) is 0 Å². The maximum absolute atomic E-state index is 12.2. The molecule has 6 heteroatoms. The second kappa shape index (κ2) is 14.5. The van der Waals surface area contributed by atoms with Crippen LogP contribution in [0.3, 0.4) is 0 Å². The molecule has 1 saturated heterocycles. The summed E-state index contributed by atoms with van der Waals surface area (Å²) in [7, 11) is 0. The Hall–Kier alpha value is -1.53. The standard InChI is InChI=1S/C25H39NO4S/c1-20(8-5-6-11-21-9-3-2-4-10-21)23(27)15-13-22-14-16-24(28)26(22)17-19-31-18-7-12-25(29)30/h2-4,9-10,20,22-23,27H,5-8,11-19H2,1H3,(H,29,30)/t20-,22?,23+/m0/s1. The number of rotatable bonds is 16.